The Kier molecular flexibility index (Phi) is 14.2. The first kappa shape index (κ1) is 39.3. The molecule has 0 spiro atoms. The smallest absolute Gasteiger partial charge is 0.148 e. The Morgan fingerprint density at radius 1 is 0.357 bits per heavy atom. The van der Waals surface area contributed by atoms with E-state index in [4.69, 9.17) is 34.2 Å². The van der Waals surface area contributed by atoms with Gasteiger partial charge >= 0.3 is 0 Å². The summed E-state index contributed by atoms with van der Waals surface area (Å²) in [6.07, 6.45) is -2.85. The summed E-state index contributed by atoms with van der Waals surface area (Å²) in [5.41, 5.74) is 12.3. The number of hydrogen-bond acceptors (Lipinski definition) is 7. The predicted octanol–water partition coefficient (Wildman–Crippen LogP) is 8.84. The van der Waals surface area contributed by atoms with Crippen molar-refractivity contribution in [2.24, 2.45) is 5.73 Å². The van der Waals surface area contributed by atoms with E-state index in [2.05, 4.69) is 48.5 Å². The van der Waals surface area contributed by atoms with Crippen molar-refractivity contribution in [3.05, 3.63) is 215 Å². The second kappa shape index (κ2) is 20.3. The van der Waals surface area contributed by atoms with Crippen LogP contribution in [0.1, 0.15) is 33.4 Å². The maximum absolute atomic E-state index is 7.49. The Balaban J connectivity index is 1.33. The molecule has 7 heteroatoms. The number of ether oxygens (including phenoxy) is 6. The molecular formula is C49H51NO6. The normalized spacial score (nSPS) is 22.1. The molecule has 1 aliphatic carbocycles. The van der Waals surface area contributed by atoms with Crippen LogP contribution in [0.2, 0.25) is 0 Å². The van der Waals surface area contributed by atoms with Gasteiger partial charge in [-0.2, -0.15) is 0 Å². The van der Waals surface area contributed by atoms with Crippen LogP contribution in [-0.4, -0.2) is 42.7 Å². The van der Waals surface area contributed by atoms with E-state index < -0.39 is 36.1 Å². The molecule has 1 fully saturated rings. The fourth-order valence-electron chi connectivity index (χ4n) is 7.32. The van der Waals surface area contributed by atoms with Crippen molar-refractivity contribution in [2.75, 3.05) is 6.61 Å². The highest BCUT2D eigenvalue weighted by Gasteiger charge is 2.62. The standard InChI is InChI=1S/C49H51NO6/c50-44-45(52-32-39-21-9-2-10-22-39)46(53-33-40-23-11-3-12-24-40)48(55-35-42-27-15-5-16-28-42)49(56-36-43-29-17-6-18-30-43,37-51-31-38-19-7-1-8-20-38)47(44)54-34-41-25-13-4-14-26-41/h1-30,44-48H,31-37,50H2/t44-,45+,46-,47+,48+,49-/m1/s1. The maximum Gasteiger partial charge on any atom is 0.148 e. The summed E-state index contributed by atoms with van der Waals surface area (Å²) < 4.78 is 42.0. The lowest BCUT2D eigenvalue weighted by Crippen LogP contribution is -2.76. The third-order valence-electron chi connectivity index (χ3n) is 10.2. The van der Waals surface area contributed by atoms with Gasteiger partial charge in [-0.15, -0.1) is 0 Å². The van der Waals surface area contributed by atoms with Gasteiger partial charge in [-0.3, -0.25) is 0 Å². The zero-order valence-corrected chi connectivity index (χ0v) is 31.7. The molecule has 0 aliphatic heterocycles. The molecule has 1 saturated carbocycles. The topological polar surface area (TPSA) is 81.4 Å². The van der Waals surface area contributed by atoms with Crippen LogP contribution in [0.3, 0.4) is 0 Å². The van der Waals surface area contributed by atoms with Gasteiger partial charge < -0.3 is 34.2 Å². The quantitative estimate of drug-likeness (QED) is 0.0887. The van der Waals surface area contributed by atoms with Crippen molar-refractivity contribution in [2.45, 2.75) is 75.7 Å². The molecule has 288 valence electrons. The van der Waals surface area contributed by atoms with Crippen LogP contribution in [0.15, 0.2) is 182 Å². The molecular weight excluding hydrogens is 699 g/mol. The predicted molar refractivity (Wildman–Crippen MR) is 218 cm³/mol. The highest BCUT2D eigenvalue weighted by Crippen LogP contribution is 2.42. The van der Waals surface area contributed by atoms with Crippen LogP contribution in [0.4, 0.5) is 0 Å². The summed E-state index contributed by atoms with van der Waals surface area (Å²) in [5, 5.41) is 0. The van der Waals surface area contributed by atoms with Crippen molar-refractivity contribution >= 4 is 0 Å². The van der Waals surface area contributed by atoms with E-state index in [1.807, 2.05) is 133 Å². The van der Waals surface area contributed by atoms with Crippen molar-refractivity contribution in [3.63, 3.8) is 0 Å². The summed E-state index contributed by atoms with van der Waals surface area (Å²) >= 11 is 0. The molecule has 6 aromatic rings. The van der Waals surface area contributed by atoms with Crippen molar-refractivity contribution in [1.82, 2.24) is 0 Å². The lowest BCUT2D eigenvalue weighted by molar-refractivity contribution is -0.311. The van der Waals surface area contributed by atoms with E-state index in [9.17, 15) is 0 Å². The second-order valence-electron chi connectivity index (χ2n) is 14.2. The fraction of sp³-hybridized carbons (Fsp3) is 0.265. The van der Waals surface area contributed by atoms with E-state index in [1.165, 1.54) is 0 Å². The summed E-state index contributed by atoms with van der Waals surface area (Å²) in [5.74, 6) is 0. The maximum atomic E-state index is 7.49. The first-order valence-corrected chi connectivity index (χ1v) is 19.4. The van der Waals surface area contributed by atoms with Gasteiger partial charge in [0.2, 0.25) is 0 Å². The molecule has 6 aromatic carbocycles. The van der Waals surface area contributed by atoms with Gasteiger partial charge in [0, 0.05) is 0 Å². The van der Waals surface area contributed by atoms with Gasteiger partial charge in [-0.25, -0.2) is 0 Å². The van der Waals surface area contributed by atoms with E-state index in [0.29, 0.717) is 26.4 Å². The monoisotopic (exact) mass is 749 g/mol. The van der Waals surface area contributed by atoms with Crippen LogP contribution < -0.4 is 5.73 Å². The molecule has 56 heavy (non-hydrogen) atoms. The summed E-state index contributed by atoms with van der Waals surface area (Å²) in [6, 6.07) is 60.0. The van der Waals surface area contributed by atoms with Gasteiger partial charge in [-0.05, 0) is 33.4 Å². The number of nitrogens with two attached hydrogens (primary N) is 1. The molecule has 7 nitrogen and oxygen atoms in total. The molecule has 1 aliphatic rings. The number of hydrogen-bond donors (Lipinski definition) is 1. The van der Waals surface area contributed by atoms with E-state index >= 15 is 0 Å². The third-order valence-corrected chi connectivity index (χ3v) is 10.2. The lowest BCUT2D eigenvalue weighted by Gasteiger charge is -2.55. The second-order valence-corrected chi connectivity index (χ2v) is 14.2. The molecule has 0 amide bonds. The minimum atomic E-state index is -1.26. The molecule has 0 saturated heterocycles. The highest BCUT2D eigenvalue weighted by atomic mass is 16.6. The minimum Gasteiger partial charge on any atom is -0.374 e. The van der Waals surface area contributed by atoms with Crippen LogP contribution >= 0.6 is 0 Å². The Bertz CT molecular complexity index is 1970. The summed E-state index contributed by atoms with van der Waals surface area (Å²) in [4.78, 5) is 0. The first-order valence-electron chi connectivity index (χ1n) is 19.4. The summed E-state index contributed by atoms with van der Waals surface area (Å²) in [7, 11) is 0. The van der Waals surface area contributed by atoms with E-state index in [1.54, 1.807) is 0 Å². The third kappa shape index (κ3) is 10.5. The zero-order chi connectivity index (χ0) is 38.3. The first-order chi connectivity index (χ1) is 27.7. The molecule has 2 N–H and O–H groups in total. The molecule has 0 unspecified atom stereocenters. The Morgan fingerprint density at radius 2 is 0.679 bits per heavy atom. The van der Waals surface area contributed by atoms with Gasteiger partial charge in [0.1, 0.15) is 30.0 Å². The Labute approximate surface area is 330 Å². The SMILES string of the molecule is N[C@@H]1[C@H](OCc2ccccc2)[C@@H](OCc2ccccc2)[C@H](OCc2ccccc2)[C@](COCc2ccccc2)(OCc2ccccc2)[C@H]1OCc1ccccc1. The molecule has 0 radical (unpaired) electrons. The average Bonchev–Trinajstić information content (AvgIpc) is 3.26. The molecule has 0 bridgehead atoms. The Hall–Kier alpha value is -4.96. The Morgan fingerprint density at radius 3 is 1.09 bits per heavy atom. The van der Waals surface area contributed by atoms with Crippen LogP contribution in [0.25, 0.3) is 0 Å². The van der Waals surface area contributed by atoms with Crippen molar-refractivity contribution in [3.8, 4) is 0 Å². The zero-order valence-electron chi connectivity index (χ0n) is 31.7. The van der Waals surface area contributed by atoms with Gasteiger partial charge in [0.15, 0.2) is 0 Å². The highest BCUT2D eigenvalue weighted by molar-refractivity contribution is 5.21. The van der Waals surface area contributed by atoms with Crippen LogP contribution in [0, 0.1) is 0 Å². The lowest BCUT2D eigenvalue weighted by atomic mass is 9.73. The average molecular weight is 750 g/mol. The molecule has 0 aromatic heterocycles. The summed E-state index contributed by atoms with van der Waals surface area (Å²) in [6.45, 7) is 1.94. The van der Waals surface area contributed by atoms with Crippen molar-refractivity contribution in [1.29, 1.82) is 0 Å². The molecule has 0 heterocycles. The molecule has 6 atom stereocenters. The van der Waals surface area contributed by atoms with Gasteiger partial charge in [-0.1, -0.05) is 182 Å². The van der Waals surface area contributed by atoms with Gasteiger partial charge in [0.25, 0.3) is 0 Å². The molecule has 7 rings (SSSR count). The largest absolute Gasteiger partial charge is 0.374 e. The van der Waals surface area contributed by atoms with Crippen LogP contribution in [0.5, 0.6) is 0 Å². The van der Waals surface area contributed by atoms with Gasteiger partial charge in [0.05, 0.1) is 52.3 Å². The minimum absolute atomic E-state index is 0.109. The van der Waals surface area contributed by atoms with Crippen molar-refractivity contribution < 1.29 is 28.4 Å². The fourth-order valence-corrected chi connectivity index (χ4v) is 7.32. The number of benzene rings is 6. The number of rotatable bonds is 19. The van der Waals surface area contributed by atoms with E-state index in [-0.39, 0.29) is 19.8 Å². The van der Waals surface area contributed by atoms with Crippen LogP contribution in [-0.2, 0) is 68.1 Å². The van der Waals surface area contributed by atoms with E-state index in [0.717, 1.165) is 33.4 Å².